The number of hydrogen-bond acceptors (Lipinski definition) is 5. The fourth-order valence-corrected chi connectivity index (χ4v) is 2.18. The van der Waals surface area contributed by atoms with Gasteiger partial charge in [-0.1, -0.05) is 11.6 Å². The number of rotatable bonds is 5. The van der Waals surface area contributed by atoms with Gasteiger partial charge in [0.2, 0.25) is 5.91 Å². The number of nitrogens with one attached hydrogen (secondary N) is 2. The Kier molecular flexibility index (Phi) is 6.31. The summed E-state index contributed by atoms with van der Waals surface area (Å²) in [6.07, 6.45) is -0.722. The lowest BCUT2D eigenvalue weighted by Gasteiger charge is -2.06. The Bertz CT molecular complexity index is 475. The second-order valence-corrected chi connectivity index (χ2v) is 5.14. The van der Waals surface area contributed by atoms with Crippen LogP contribution in [0.2, 0.25) is 4.34 Å². The fraction of sp³-hybridized carbons (Fsp3) is 0.364. The summed E-state index contributed by atoms with van der Waals surface area (Å²) in [4.78, 5) is 34.4. The molecule has 1 aromatic rings. The zero-order valence-electron chi connectivity index (χ0n) is 10.2. The number of thiophene rings is 1. The molecule has 0 fully saturated rings. The van der Waals surface area contributed by atoms with Crippen LogP contribution in [0.5, 0.6) is 0 Å². The molecule has 8 heteroatoms. The highest BCUT2D eigenvalue weighted by Crippen LogP contribution is 2.22. The van der Waals surface area contributed by atoms with Gasteiger partial charge in [0.15, 0.2) is 5.78 Å². The molecule has 0 aliphatic rings. The molecule has 2 N–H and O–H groups in total. The van der Waals surface area contributed by atoms with Crippen molar-refractivity contribution in [3.63, 3.8) is 0 Å². The maximum Gasteiger partial charge on any atom is 0.426 e. The van der Waals surface area contributed by atoms with E-state index in [1.54, 1.807) is 19.1 Å². The van der Waals surface area contributed by atoms with E-state index in [9.17, 15) is 14.4 Å². The van der Waals surface area contributed by atoms with Crippen molar-refractivity contribution in [1.29, 1.82) is 0 Å². The van der Waals surface area contributed by atoms with E-state index in [1.807, 2.05) is 0 Å². The fourth-order valence-electron chi connectivity index (χ4n) is 1.16. The Morgan fingerprint density at radius 3 is 2.58 bits per heavy atom. The van der Waals surface area contributed by atoms with Crippen LogP contribution in [0.4, 0.5) is 4.79 Å². The summed E-state index contributed by atoms with van der Waals surface area (Å²) in [5, 5.41) is 0. The van der Waals surface area contributed by atoms with Crippen molar-refractivity contribution in [3.8, 4) is 0 Å². The van der Waals surface area contributed by atoms with Gasteiger partial charge < -0.3 is 4.74 Å². The second-order valence-electron chi connectivity index (χ2n) is 3.42. The molecule has 2 amide bonds. The van der Waals surface area contributed by atoms with E-state index in [2.05, 4.69) is 15.6 Å². The molecule has 6 nitrogen and oxygen atoms in total. The van der Waals surface area contributed by atoms with E-state index in [0.29, 0.717) is 9.21 Å². The van der Waals surface area contributed by atoms with E-state index >= 15 is 0 Å². The van der Waals surface area contributed by atoms with Crippen molar-refractivity contribution in [1.82, 2.24) is 10.9 Å². The van der Waals surface area contributed by atoms with Crippen LogP contribution in [-0.4, -0.2) is 24.4 Å². The van der Waals surface area contributed by atoms with Crippen molar-refractivity contribution >= 4 is 40.7 Å². The number of ether oxygens (including phenoxy) is 1. The number of hydrogen-bond donors (Lipinski definition) is 2. The SMILES string of the molecule is CCOC(=O)NNC(=O)CCC(=O)c1ccc(Cl)s1. The minimum atomic E-state index is -0.743. The van der Waals surface area contributed by atoms with Gasteiger partial charge in [-0.25, -0.2) is 10.2 Å². The van der Waals surface area contributed by atoms with Crippen LogP contribution >= 0.6 is 22.9 Å². The number of amides is 2. The first kappa shape index (κ1) is 15.5. The predicted octanol–water partition coefficient (Wildman–Crippen LogP) is 2.14. The van der Waals surface area contributed by atoms with Gasteiger partial charge in [0.25, 0.3) is 0 Å². The molecule has 0 radical (unpaired) electrons. The summed E-state index contributed by atoms with van der Waals surface area (Å²) in [5.74, 6) is -0.632. The van der Waals surface area contributed by atoms with Crippen molar-refractivity contribution in [2.75, 3.05) is 6.61 Å². The van der Waals surface area contributed by atoms with E-state index in [1.165, 1.54) is 11.3 Å². The second kappa shape index (κ2) is 7.75. The largest absolute Gasteiger partial charge is 0.449 e. The van der Waals surface area contributed by atoms with Crippen LogP contribution in [0.1, 0.15) is 29.4 Å². The molecule has 104 valence electrons. The van der Waals surface area contributed by atoms with Gasteiger partial charge in [-0.15, -0.1) is 11.3 Å². The molecule has 1 heterocycles. The van der Waals surface area contributed by atoms with Crippen molar-refractivity contribution < 1.29 is 19.1 Å². The molecule has 0 saturated heterocycles. The molecule has 1 rings (SSSR count). The van der Waals surface area contributed by atoms with Crippen LogP contribution < -0.4 is 10.9 Å². The highest BCUT2D eigenvalue weighted by atomic mass is 35.5. The van der Waals surface area contributed by atoms with Crippen LogP contribution in [0.15, 0.2) is 12.1 Å². The summed E-state index contributed by atoms with van der Waals surface area (Å²) >= 11 is 6.87. The maximum absolute atomic E-state index is 11.7. The molecule has 19 heavy (non-hydrogen) atoms. The first-order chi connectivity index (χ1) is 9.02. The molecule has 0 aliphatic heterocycles. The molecular formula is C11H13ClN2O4S. The van der Waals surface area contributed by atoms with Crippen molar-refractivity contribution in [2.24, 2.45) is 0 Å². The third-order valence-corrected chi connectivity index (χ3v) is 3.28. The van der Waals surface area contributed by atoms with Crippen LogP contribution in [0.3, 0.4) is 0 Å². The zero-order chi connectivity index (χ0) is 14.3. The van der Waals surface area contributed by atoms with Gasteiger partial charge in [0, 0.05) is 12.8 Å². The van der Waals surface area contributed by atoms with Gasteiger partial charge in [-0.3, -0.25) is 15.0 Å². The van der Waals surface area contributed by atoms with Crippen molar-refractivity contribution in [2.45, 2.75) is 19.8 Å². The Hall–Kier alpha value is -1.60. The monoisotopic (exact) mass is 304 g/mol. The molecule has 0 saturated carbocycles. The van der Waals surface area contributed by atoms with E-state index < -0.39 is 12.0 Å². The number of hydrazine groups is 1. The number of carbonyl (C=O) groups excluding carboxylic acids is 3. The summed E-state index contributed by atoms with van der Waals surface area (Å²) < 4.78 is 5.07. The number of halogens is 1. The predicted molar refractivity (Wildman–Crippen MR) is 71.2 cm³/mol. The normalized spacial score (nSPS) is 9.79. The first-order valence-corrected chi connectivity index (χ1v) is 6.72. The maximum atomic E-state index is 11.7. The lowest BCUT2D eigenvalue weighted by molar-refractivity contribution is -0.121. The Labute approximate surface area is 119 Å². The number of Topliss-reactive ketones (excluding diaryl/α,β-unsaturated/α-hetero) is 1. The average Bonchev–Trinajstić information content (AvgIpc) is 2.80. The zero-order valence-corrected chi connectivity index (χ0v) is 11.8. The van der Waals surface area contributed by atoms with Crippen LogP contribution in [0, 0.1) is 0 Å². The average molecular weight is 305 g/mol. The highest BCUT2D eigenvalue weighted by Gasteiger charge is 2.12. The smallest absolute Gasteiger partial charge is 0.426 e. The third kappa shape index (κ3) is 5.71. The standard InChI is InChI=1S/C11H13ClN2O4S/c1-2-18-11(17)14-13-10(16)6-3-7(15)8-4-5-9(12)19-8/h4-5H,2-3,6H2,1H3,(H,13,16)(H,14,17). The molecule has 0 aromatic carbocycles. The van der Waals surface area contributed by atoms with Gasteiger partial charge in [0.1, 0.15) is 0 Å². The molecule has 1 aromatic heterocycles. The summed E-state index contributed by atoms with van der Waals surface area (Å²) in [5.41, 5.74) is 4.20. The number of ketones is 1. The molecule has 0 atom stereocenters. The highest BCUT2D eigenvalue weighted by molar-refractivity contribution is 7.18. The molecule has 0 spiro atoms. The quantitative estimate of drug-likeness (QED) is 0.645. The van der Waals surface area contributed by atoms with E-state index in [0.717, 1.165) is 0 Å². The first-order valence-electron chi connectivity index (χ1n) is 5.53. The van der Waals surface area contributed by atoms with E-state index in [4.69, 9.17) is 11.6 Å². The van der Waals surface area contributed by atoms with Crippen LogP contribution in [0.25, 0.3) is 0 Å². The molecule has 0 aliphatic carbocycles. The summed E-state index contributed by atoms with van der Waals surface area (Å²) in [6, 6.07) is 3.24. The lowest BCUT2D eigenvalue weighted by atomic mass is 10.2. The third-order valence-electron chi connectivity index (χ3n) is 2.01. The molecular weight excluding hydrogens is 292 g/mol. The van der Waals surface area contributed by atoms with Gasteiger partial charge >= 0.3 is 6.09 Å². The van der Waals surface area contributed by atoms with Crippen LogP contribution in [-0.2, 0) is 9.53 Å². The summed E-state index contributed by atoms with van der Waals surface area (Å²) in [6.45, 7) is 1.85. The van der Waals surface area contributed by atoms with Crippen molar-refractivity contribution in [3.05, 3.63) is 21.3 Å². The minimum absolute atomic E-state index is 0.0270. The minimum Gasteiger partial charge on any atom is -0.449 e. The van der Waals surface area contributed by atoms with Gasteiger partial charge in [-0.2, -0.15) is 0 Å². The van der Waals surface area contributed by atoms with Gasteiger partial charge in [0.05, 0.1) is 15.8 Å². The Morgan fingerprint density at radius 1 is 1.26 bits per heavy atom. The summed E-state index contributed by atoms with van der Waals surface area (Å²) in [7, 11) is 0. The topological polar surface area (TPSA) is 84.5 Å². The Balaban J connectivity index is 2.26. The van der Waals surface area contributed by atoms with E-state index in [-0.39, 0.29) is 25.2 Å². The number of carbonyl (C=O) groups is 3. The molecule has 0 bridgehead atoms. The Morgan fingerprint density at radius 2 is 2.00 bits per heavy atom. The molecule has 0 unspecified atom stereocenters. The van der Waals surface area contributed by atoms with Gasteiger partial charge in [-0.05, 0) is 19.1 Å². The lowest BCUT2D eigenvalue weighted by Crippen LogP contribution is -2.41.